The molecule has 0 aromatic rings. The molecule has 1 atom stereocenters. The van der Waals surface area contributed by atoms with E-state index in [1.165, 1.54) is 63.9 Å². The lowest BCUT2D eigenvalue weighted by atomic mass is 9.97. The lowest BCUT2D eigenvalue weighted by Gasteiger charge is -2.11. The molecule has 1 N–H and O–H groups in total. The van der Waals surface area contributed by atoms with Gasteiger partial charge in [0.25, 0.3) is 0 Å². The summed E-state index contributed by atoms with van der Waals surface area (Å²) in [6, 6.07) is 0. The third-order valence-electron chi connectivity index (χ3n) is 4.69. The molecule has 0 fully saturated rings. The predicted molar refractivity (Wildman–Crippen MR) is 112 cm³/mol. The summed E-state index contributed by atoms with van der Waals surface area (Å²) in [5, 5.41) is 9.22. The van der Waals surface area contributed by atoms with E-state index < -0.39 is 17.9 Å². The first-order valence-electron chi connectivity index (χ1n) is 10.8. The smallest absolute Gasteiger partial charge is 0.307 e. The van der Waals surface area contributed by atoms with Crippen LogP contribution < -0.4 is 0 Å². The van der Waals surface area contributed by atoms with Gasteiger partial charge in [0.05, 0.1) is 12.3 Å². The average Bonchev–Trinajstić information content (AvgIpc) is 2.65. The zero-order valence-corrected chi connectivity index (χ0v) is 17.3. The van der Waals surface area contributed by atoms with Gasteiger partial charge in [0.2, 0.25) is 0 Å². The largest absolute Gasteiger partial charge is 0.481 e. The molecule has 156 valence electrons. The quantitative estimate of drug-likeness (QED) is 0.159. The highest BCUT2D eigenvalue weighted by Gasteiger charge is 2.21. The lowest BCUT2D eigenvalue weighted by Crippen LogP contribution is -2.19. The molecule has 0 aliphatic heterocycles. The minimum atomic E-state index is -0.908. The third-order valence-corrected chi connectivity index (χ3v) is 4.69. The Bertz CT molecular complexity index is 415. The lowest BCUT2D eigenvalue weighted by molar-refractivity contribution is -0.151. The van der Waals surface area contributed by atoms with E-state index in [9.17, 15) is 14.7 Å². The molecule has 0 aliphatic rings. The van der Waals surface area contributed by atoms with Crippen molar-refractivity contribution < 1.29 is 19.4 Å². The minimum Gasteiger partial charge on any atom is -0.481 e. The van der Waals surface area contributed by atoms with E-state index in [1.54, 1.807) is 0 Å². The van der Waals surface area contributed by atoms with Crippen LogP contribution in [-0.2, 0) is 14.3 Å². The average molecular weight is 381 g/mol. The number of carbonyl (C=O) groups excluding carboxylic acids is 1. The fraction of sp³-hybridized carbons (Fsp3) is 0.739. The second-order valence-corrected chi connectivity index (χ2v) is 7.23. The van der Waals surface area contributed by atoms with Crippen molar-refractivity contribution in [3.63, 3.8) is 0 Å². The summed E-state index contributed by atoms with van der Waals surface area (Å²) in [6.07, 6.45) is 21.0. The first-order valence-corrected chi connectivity index (χ1v) is 10.8. The van der Waals surface area contributed by atoms with Crippen molar-refractivity contribution >= 4 is 11.9 Å². The first-order chi connectivity index (χ1) is 13.1. The fourth-order valence-corrected chi connectivity index (χ4v) is 3.00. The van der Waals surface area contributed by atoms with Gasteiger partial charge in [-0.15, -0.1) is 0 Å². The number of esters is 1. The van der Waals surface area contributed by atoms with Crippen molar-refractivity contribution in [3.05, 3.63) is 24.8 Å². The SMILES string of the molecule is C=CCOC(=O)CC(CCCCCCCCCC/C=C/CCCC)C(=O)O. The number of rotatable bonds is 19. The summed E-state index contributed by atoms with van der Waals surface area (Å²) in [6.45, 7) is 5.83. The summed E-state index contributed by atoms with van der Waals surface area (Å²) in [7, 11) is 0. The molecule has 4 heteroatoms. The minimum absolute atomic E-state index is 0.0456. The molecule has 0 amide bonds. The number of hydrogen-bond donors (Lipinski definition) is 1. The molecule has 0 bridgehead atoms. The molecule has 4 nitrogen and oxygen atoms in total. The molecule has 0 aromatic carbocycles. The Morgan fingerprint density at radius 1 is 0.926 bits per heavy atom. The Kier molecular flexibility index (Phi) is 18.1. The Morgan fingerprint density at radius 2 is 1.48 bits per heavy atom. The van der Waals surface area contributed by atoms with Crippen LogP contribution in [0.1, 0.15) is 96.8 Å². The molecule has 0 heterocycles. The van der Waals surface area contributed by atoms with E-state index in [2.05, 4.69) is 25.7 Å². The van der Waals surface area contributed by atoms with Gasteiger partial charge in [0.1, 0.15) is 6.61 Å². The second-order valence-electron chi connectivity index (χ2n) is 7.23. The summed E-state index contributed by atoms with van der Waals surface area (Å²) < 4.78 is 4.87. The maximum Gasteiger partial charge on any atom is 0.307 e. The van der Waals surface area contributed by atoms with Crippen molar-refractivity contribution in [1.29, 1.82) is 0 Å². The van der Waals surface area contributed by atoms with Crippen LogP contribution in [0.3, 0.4) is 0 Å². The first kappa shape index (κ1) is 25.4. The van der Waals surface area contributed by atoms with Crippen molar-refractivity contribution in [1.82, 2.24) is 0 Å². The van der Waals surface area contributed by atoms with Crippen LogP contribution in [0.25, 0.3) is 0 Å². The molecule has 0 spiro atoms. The standard InChI is InChI=1S/C23H40O4/c1-3-5-6-7-8-9-10-11-12-13-14-15-16-17-18-21(23(25)26)20-22(24)27-19-4-2/h4,7-8,21H,2-3,5-6,9-20H2,1H3,(H,25,26)/b8-7+. The molecule has 1 unspecified atom stereocenters. The maximum absolute atomic E-state index is 11.5. The monoisotopic (exact) mass is 380 g/mol. The highest BCUT2D eigenvalue weighted by Crippen LogP contribution is 2.17. The van der Waals surface area contributed by atoms with Gasteiger partial charge >= 0.3 is 11.9 Å². The highest BCUT2D eigenvalue weighted by atomic mass is 16.5. The van der Waals surface area contributed by atoms with Crippen LogP contribution in [0, 0.1) is 5.92 Å². The van der Waals surface area contributed by atoms with Crippen LogP contribution in [-0.4, -0.2) is 23.7 Å². The molecule has 0 rings (SSSR count). The van der Waals surface area contributed by atoms with Gasteiger partial charge in [-0.3, -0.25) is 9.59 Å². The number of carbonyl (C=O) groups is 2. The van der Waals surface area contributed by atoms with Crippen molar-refractivity contribution in [2.75, 3.05) is 6.61 Å². The van der Waals surface area contributed by atoms with Gasteiger partial charge in [-0.1, -0.05) is 89.5 Å². The Hall–Kier alpha value is -1.58. The Morgan fingerprint density at radius 3 is 2.04 bits per heavy atom. The Labute approximate surface area is 166 Å². The van der Waals surface area contributed by atoms with Gasteiger partial charge in [-0.2, -0.15) is 0 Å². The maximum atomic E-state index is 11.5. The van der Waals surface area contributed by atoms with E-state index in [4.69, 9.17) is 4.74 Å². The van der Waals surface area contributed by atoms with E-state index in [-0.39, 0.29) is 13.0 Å². The molecule has 27 heavy (non-hydrogen) atoms. The van der Waals surface area contributed by atoms with E-state index in [0.717, 1.165) is 19.3 Å². The summed E-state index contributed by atoms with van der Waals surface area (Å²) in [5.74, 6) is -2.00. The zero-order valence-electron chi connectivity index (χ0n) is 17.3. The number of allylic oxidation sites excluding steroid dienone is 2. The van der Waals surface area contributed by atoms with Crippen LogP contribution in [0.15, 0.2) is 24.8 Å². The number of hydrogen-bond acceptors (Lipinski definition) is 3. The normalized spacial score (nSPS) is 12.2. The predicted octanol–water partition coefficient (Wildman–Crippen LogP) is 6.45. The van der Waals surface area contributed by atoms with Gasteiger partial charge in [-0.25, -0.2) is 0 Å². The molecule has 0 saturated carbocycles. The van der Waals surface area contributed by atoms with Crippen LogP contribution in [0.5, 0.6) is 0 Å². The summed E-state index contributed by atoms with van der Waals surface area (Å²) in [5.41, 5.74) is 0. The van der Waals surface area contributed by atoms with E-state index >= 15 is 0 Å². The van der Waals surface area contributed by atoms with E-state index in [1.807, 2.05) is 0 Å². The van der Waals surface area contributed by atoms with Crippen LogP contribution >= 0.6 is 0 Å². The summed E-state index contributed by atoms with van der Waals surface area (Å²) >= 11 is 0. The molecular weight excluding hydrogens is 340 g/mol. The molecule has 0 saturated heterocycles. The van der Waals surface area contributed by atoms with E-state index in [0.29, 0.717) is 6.42 Å². The second kappa shape index (κ2) is 19.2. The zero-order chi connectivity index (χ0) is 20.2. The highest BCUT2D eigenvalue weighted by molar-refractivity contribution is 5.78. The van der Waals surface area contributed by atoms with Gasteiger partial charge in [0, 0.05) is 0 Å². The van der Waals surface area contributed by atoms with Gasteiger partial charge in [-0.05, 0) is 25.7 Å². The summed E-state index contributed by atoms with van der Waals surface area (Å²) in [4.78, 5) is 22.8. The van der Waals surface area contributed by atoms with Crippen molar-refractivity contribution in [2.24, 2.45) is 5.92 Å². The third kappa shape index (κ3) is 17.6. The Balaban J connectivity index is 3.54. The molecule has 0 aromatic heterocycles. The van der Waals surface area contributed by atoms with Gasteiger partial charge in [0.15, 0.2) is 0 Å². The molecule has 0 radical (unpaired) electrons. The number of aliphatic carboxylic acids is 1. The number of ether oxygens (including phenoxy) is 1. The molecule has 0 aliphatic carbocycles. The van der Waals surface area contributed by atoms with Crippen LogP contribution in [0.2, 0.25) is 0 Å². The van der Waals surface area contributed by atoms with Crippen LogP contribution in [0.4, 0.5) is 0 Å². The number of carboxylic acids is 1. The number of carboxylic acid groups (broad SMARTS) is 1. The fourth-order valence-electron chi connectivity index (χ4n) is 3.00. The van der Waals surface area contributed by atoms with Gasteiger partial charge < -0.3 is 9.84 Å². The van der Waals surface area contributed by atoms with Crippen molar-refractivity contribution in [2.45, 2.75) is 96.8 Å². The molecular formula is C23H40O4. The van der Waals surface area contributed by atoms with Crippen molar-refractivity contribution in [3.8, 4) is 0 Å². The number of unbranched alkanes of at least 4 members (excludes halogenated alkanes) is 10. The topological polar surface area (TPSA) is 63.6 Å².